The lowest BCUT2D eigenvalue weighted by Gasteiger charge is -2.34. The summed E-state index contributed by atoms with van der Waals surface area (Å²) < 4.78 is 23.8. The van der Waals surface area contributed by atoms with Gasteiger partial charge >= 0.3 is 0 Å². The zero-order valence-electron chi connectivity index (χ0n) is 14.9. The third kappa shape index (κ3) is 4.27. The largest absolute Gasteiger partial charge is 0.335 e. The first-order chi connectivity index (χ1) is 12.9. The molecular formula is C18H22ClN3O3S2. The maximum atomic E-state index is 13.0. The molecule has 0 unspecified atom stereocenters. The van der Waals surface area contributed by atoms with Crippen LogP contribution in [0.15, 0.2) is 23.4 Å². The van der Waals surface area contributed by atoms with Gasteiger partial charge in [-0.1, -0.05) is 36.2 Å². The van der Waals surface area contributed by atoms with Crippen molar-refractivity contribution in [3.05, 3.63) is 23.2 Å². The molecular weight excluding hydrogens is 406 g/mol. The summed E-state index contributed by atoms with van der Waals surface area (Å²) in [7, 11) is -3.02. The number of aromatic nitrogens is 2. The Morgan fingerprint density at radius 2 is 2.04 bits per heavy atom. The van der Waals surface area contributed by atoms with Crippen LogP contribution in [-0.2, 0) is 14.6 Å². The van der Waals surface area contributed by atoms with Crippen LogP contribution in [0.3, 0.4) is 0 Å². The fourth-order valence-electron chi connectivity index (χ4n) is 4.11. The SMILES string of the molecule is O=C(CSc1nc2ccc(Cl)cc2[nH]1)N(C1CCCC1)[C@@H]1CCS(=O)(=O)C1. The number of hydrogen-bond acceptors (Lipinski definition) is 5. The summed E-state index contributed by atoms with van der Waals surface area (Å²) in [4.78, 5) is 22.6. The quantitative estimate of drug-likeness (QED) is 0.740. The fraction of sp³-hybridized carbons (Fsp3) is 0.556. The minimum atomic E-state index is -3.02. The summed E-state index contributed by atoms with van der Waals surface area (Å²) in [6.45, 7) is 0. The minimum absolute atomic E-state index is 0.00693. The highest BCUT2D eigenvalue weighted by molar-refractivity contribution is 7.99. The van der Waals surface area contributed by atoms with Gasteiger partial charge in [-0.2, -0.15) is 0 Å². The third-order valence-electron chi connectivity index (χ3n) is 5.36. The highest BCUT2D eigenvalue weighted by atomic mass is 35.5. The average molecular weight is 428 g/mol. The van der Waals surface area contributed by atoms with Crippen molar-refractivity contribution in [2.24, 2.45) is 0 Å². The number of sulfone groups is 1. The maximum absolute atomic E-state index is 13.0. The summed E-state index contributed by atoms with van der Waals surface area (Å²) >= 11 is 7.36. The number of carbonyl (C=O) groups excluding carboxylic acids is 1. The van der Waals surface area contributed by atoms with Gasteiger partial charge in [0.15, 0.2) is 15.0 Å². The van der Waals surface area contributed by atoms with Crippen molar-refractivity contribution in [3.63, 3.8) is 0 Å². The smallest absolute Gasteiger partial charge is 0.233 e. The Morgan fingerprint density at radius 1 is 1.26 bits per heavy atom. The molecule has 2 aliphatic rings. The molecule has 1 aromatic heterocycles. The van der Waals surface area contributed by atoms with E-state index in [1.165, 1.54) is 11.8 Å². The van der Waals surface area contributed by atoms with Gasteiger partial charge in [0.1, 0.15) is 0 Å². The van der Waals surface area contributed by atoms with Crippen molar-refractivity contribution in [1.82, 2.24) is 14.9 Å². The minimum Gasteiger partial charge on any atom is -0.335 e. The Kier molecular flexibility index (Phi) is 5.40. The molecule has 2 fully saturated rings. The van der Waals surface area contributed by atoms with E-state index in [9.17, 15) is 13.2 Å². The molecule has 0 radical (unpaired) electrons. The van der Waals surface area contributed by atoms with Crippen molar-refractivity contribution >= 4 is 50.1 Å². The van der Waals surface area contributed by atoms with Gasteiger partial charge in [-0.3, -0.25) is 4.79 Å². The normalized spacial score (nSPS) is 22.5. The number of imidazole rings is 1. The number of H-pyrrole nitrogens is 1. The molecule has 6 nitrogen and oxygen atoms in total. The van der Waals surface area contributed by atoms with E-state index >= 15 is 0 Å². The Morgan fingerprint density at radius 3 is 2.74 bits per heavy atom. The topological polar surface area (TPSA) is 83.1 Å². The standard InChI is InChI=1S/C18H22ClN3O3S2/c19-12-5-6-15-16(9-12)21-18(20-15)26-10-17(23)22(13-3-1-2-4-13)14-7-8-27(24,25)11-14/h5-6,9,13-14H,1-4,7-8,10-11H2,(H,20,21)/t14-/m1/s1. The average Bonchev–Trinajstić information content (AvgIpc) is 3.33. The van der Waals surface area contributed by atoms with E-state index < -0.39 is 9.84 Å². The predicted octanol–water partition coefficient (Wildman–Crippen LogP) is 3.27. The molecule has 27 heavy (non-hydrogen) atoms. The molecule has 1 aliphatic heterocycles. The lowest BCUT2D eigenvalue weighted by molar-refractivity contribution is -0.132. The molecule has 1 aliphatic carbocycles. The monoisotopic (exact) mass is 427 g/mol. The van der Waals surface area contributed by atoms with Crippen LogP contribution in [0.5, 0.6) is 0 Å². The van der Waals surface area contributed by atoms with Crippen molar-refractivity contribution in [2.75, 3.05) is 17.3 Å². The highest BCUT2D eigenvalue weighted by Gasteiger charge is 2.38. The van der Waals surface area contributed by atoms with E-state index in [1.54, 1.807) is 6.07 Å². The molecule has 0 spiro atoms. The van der Waals surface area contributed by atoms with Crippen molar-refractivity contribution in [2.45, 2.75) is 49.3 Å². The number of carbonyl (C=O) groups is 1. The van der Waals surface area contributed by atoms with Gasteiger partial charge in [0.2, 0.25) is 5.91 Å². The van der Waals surface area contributed by atoms with E-state index in [0.717, 1.165) is 36.7 Å². The van der Waals surface area contributed by atoms with Crippen molar-refractivity contribution in [3.8, 4) is 0 Å². The molecule has 1 atom stereocenters. The fourth-order valence-corrected chi connectivity index (χ4v) is 6.75. The van der Waals surface area contributed by atoms with Gasteiger partial charge in [0.25, 0.3) is 0 Å². The third-order valence-corrected chi connectivity index (χ3v) is 8.21. The molecule has 1 amide bonds. The Labute approximate surface area is 168 Å². The first kappa shape index (κ1) is 19.1. The zero-order chi connectivity index (χ0) is 19.0. The maximum Gasteiger partial charge on any atom is 0.233 e. The molecule has 1 N–H and O–H groups in total. The molecule has 146 valence electrons. The summed E-state index contributed by atoms with van der Waals surface area (Å²) in [5.41, 5.74) is 1.65. The summed E-state index contributed by atoms with van der Waals surface area (Å²) in [6, 6.07) is 5.43. The first-order valence-electron chi connectivity index (χ1n) is 9.21. The van der Waals surface area contributed by atoms with Crippen LogP contribution in [0.4, 0.5) is 0 Å². The van der Waals surface area contributed by atoms with E-state index in [4.69, 9.17) is 11.6 Å². The number of benzene rings is 1. The number of amides is 1. The lowest BCUT2D eigenvalue weighted by Crippen LogP contribution is -2.47. The van der Waals surface area contributed by atoms with Crippen LogP contribution < -0.4 is 0 Å². The first-order valence-corrected chi connectivity index (χ1v) is 12.4. The second-order valence-electron chi connectivity index (χ2n) is 7.29. The molecule has 9 heteroatoms. The Bertz CT molecular complexity index is 954. The van der Waals surface area contributed by atoms with Crippen LogP contribution in [0.2, 0.25) is 5.02 Å². The summed E-state index contributed by atoms with van der Waals surface area (Å²) in [5.74, 6) is 0.544. The summed E-state index contributed by atoms with van der Waals surface area (Å²) in [6.07, 6.45) is 4.70. The van der Waals surface area contributed by atoms with Crippen molar-refractivity contribution in [1.29, 1.82) is 0 Å². The van der Waals surface area contributed by atoms with E-state index in [-0.39, 0.29) is 35.2 Å². The lowest BCUT2D eigenvalue weighted by atomic mass is 10.1. The second kappa shape index (κ2) is 7.64. The van der Waals surface area contributed by atoms with Gasteiger partial charge in [0, 0.05) is 17.1 Å². The molecule has 1 saturated heterocycles. The number of hydrogen-bond donors (Lipinski definition) is 1. The predicted molar refractivity (Wildman–Crippen MR) is 108 cm³/mol. The molecule has 1 saturated carbocycles. The van der Waals surface area contributed by atoms with Crippen LogP contribution in [0, 0.1) is 0 Å². The highest BCUT2D eigenvalue weighted by Crippen LogP contribution is 2.30. The number of fused-ring (bicyclic) bond motifs is 1. The van der Waals surface area contributed by atoms with Crippen molar-refractivity contribution < 1.29 is 13.2 Å². The second-order valence-corrected chi connectivity index (χ2v) is 10.9. The molecule has 2 aromatic rings. The number of nitrogens with one attached hydrogen (secondary N) is 1. The Hall–Kier alpha value is -1.25. The number of thioether (sulfide) groups is 1. The van der Waals surface area contributed by atoms with Crippen LogP contribution in [0.1, 0.15) is 32.1 Å². The van der Waals surface area contributed by atoms with Crippen LogP contribution >= 0.6 is 23.4 Å². The molecule has 1 aromatic carbocycles. The zero-order valence-corrected chi connectivity index (χ0v) is 17.2. The van der Waals surface area contributed by atoms with E-state index in [2.05, 4.69) is 9.97 Å². The van der Waals surface area contributed by atoms with Gasteiger partial charge in [-0.25, -0.2) is 13.4 Å². The molecule has 2 heterocycles. The number of rotatable bonds is 5. The number of aromatic amines is 1. The van der Waals surface area contributed by atoms with Gasteiger partial charge in [0.05, 0.1) is 28.3 Å². The number of halogens is 1. The van der Waals surface area contributed by atoms with Crippen LogP contribution in [-0.4, -0.2) is 58.5 Å². The summed E-state index contributed by atoms with van der Waals surface area (Å²) in [5, 5.41) is 1.31. The van der Waals surface area contributed by atoms with Gasteiger partial charge in [-0.15, -0.1) is 0 Å². The van der Waals surface area contributed by atoms with Gasteiger partial charge < -0.3 is 9.88 Å². The Balaban J connectivity index is 1.47. The van der Waals surface area contributed by atoms with Crippen LogP contribution in [0.25, 0.3) is 11.0 Å². The van der Waals surface area contributed by atoms with E-state index in [0.29, 0.717) is 16.6 Å². The number of nitrogens with zero attached hydrogens (tertiary/aromatic N) is 2. The molecule has 4 rings (SSSR count). The molecule has 0 bridgehead atoms. The van der Waals surface area contributed by atoms with Gasteiger partial charge in [-0.05, 0) is 37.5 Å². The van der Waals surface area contributed by atoms with E-state index in [1.807, 2.05) is 17.0 Å².